The number of hydrogen-bond acceptors (Lipinski definition) is 3. The SMILES string of the molecule is Cc1coc(CC(=O)O)c1C(=O)NCC1(C)CCCC1. The Morgan fingerprint density at radius 3 is 2.65 bits per heavy atom. The van der Waals surface area contributed by atoms with Crippen LogP contribution < -0.4 is 5.32 Å². The summed E-state index contributed by atoms with van der Waals surface area (Å²) < 4.78 is 5.18. The minimum Gasteiger partial charge on any atom is -0.481 e. The number of carboxylic acid groups (broad SMARTS) is 1. The van der Waals surface area contributed by atoms with Crippen molar-refractivity contribution < 1.29 is 19.1 Å². The van der Waals surface area contributed by atoms with Crippen molar-refractivity contribution in [2.75, 3.05) is 6.54 Å². The van der Waals surface area contributed by atoms with E-state index in [-0.39, 0.29) is 23.5 Å². The largest absolute Gasteiger partial charge is 0.481 e. The molecule has 2 rings (SSSR count). The zero-order valence-corrected chi connectivity index (χ0v) is 12.0. The van der Waals surface area contributed by atoms with Crippen molar-refractivity contribution >= 4 is 11.9 Å². The summed E-state index contributed by atoms with van der Waals surface area (Å²) in [6.45, 7) is 4.56. The fourth-order valence-corrected chi connectivity index (χ4v) is 2.86. The van der Waals surface area contributed by atoms with Gasteiger partial charge in [-0.15, -0.1) is 0 Å². The predicted molar refractivity (Wildman–Crippen MR) is 73.7 cm³/mol. The summed E-state index contributed by atoms with van der Waals surface area (Å²) in [7, 11) is 0. The molecule has 0 unspecified atom stereocenters. The number of furan rings is 1. The van der Waals surface area contributed by atoms with Crippen LogP contribution in [-0.4, -0.2) is 23.5 Å². The quantitative estimate of drug-likeness (QED) is 0.868. The topological polar surface area (TPSA) is 79.5 Å². The second kappa shape index (κ2) is 5.69. The van der Waals surface area contributed by atoms with Crippen LogP contribution in [0.5, 0.6) is 0 Å². The molecule has 1 saturated carbocycles. The molecule has 1 aliphatic rings. The number of aryl methyl sites for hydroxylation is 1. The summed E-state index contributed by atoms with van der Waals surface area (Å²) in [5.74, 6) is -1.01. The van der Waals surface area contributed by atoms with Crippen LogP contribution >= 0.6 is 0 Å². The van der Waals surface area contributed by atoms with Crippen molar-refractivity contribution in [1.82, 2.24) is 5.32 Å². The molecule has 0 aliphatic heterocycles. The van der Waals surface area contributed by atoms with Crippen LogP contribution in [0.4, 0.5) is 0 Å². The summed E-state index contributed by atoms with van der Waals surface area (Å²) in [5.41, 5.74) is 1.21. The zero-order chi connectivity index (χ0) is 14.8. The summed E-state index contributed by atoms with van der Waals surface area (Å²) in [6.07, 6.45) is 5.83. The third-order valence-corrected chi connectivity index (χ3v) is 4.08. The number of carboxylic acids is 1. The molecule has 0 spiro atoms. The normalized spacial score (nSPS) is 17.1. The number of aliphatic carboxylic acids is 1. The molecular weight excluding hydrogens is 258 g/mol. The van der Waals surface area contributed by atoms with Crippen molar-refractivity contribution in [2.45, 2.75) is 46.0 Å². The Bertz CT molecular complexity index is 512. The first-order valence-electron chi connectivity index (χ1n) is 6.98. The molecule has 0 saturated heterocycles. The summed E-state index contributed by atoms with van der Waals surface area (Å²) in [5, 5.41) is 11.8. The number of hydrogen-bond donors (Lipinski definition) is 2. The van der Waals surface area contributed by atoms with E-state index >= 15 is 0 Å². The van der Waals surface area contributed by atoms with Crippen LogP contribution in [0.15, 0.2) is 10.7 Å². The molecule has 1 amide bonds. The number of carbonyl (C=O) groups excluding carboxylic acids is 1. The minimum absolute atomic E-state index is 0.167. The van der Waals surface area contributed by atoms with Gasteiger partial charge in [0.1, 0.15) is 12.2 Å². The monoisotopic (exact) mass is 279 g/mol. The van der Waals surface area contributed by atoms with E-state index < -0.39 is 5.97 Å². The second-order valence-electron chi connectivity index (χ2n) is 5.99. The molecule has 110 valence electrons. The Morgan fingerprint density at radius 1 is 1.40 bits per heavy atom. The molecule has 2 N–H and O–H groups in total. The number of carbonyl (C=O) groups is 2. The van der Waals surface area contributed by atoms with E-state index in [1.54, 1.807) is 6.92 Å². The van der Waals surface area contributed by atoms with Crippen LogP contribution in [-0.2, 0) is 11.2 Å². The highest BCUT2D eigenvalue weighted by atomic mass is 16.4. The summed E-state index contributed by atoms with van der Waals surface area (Å²) in [6, 6.07) is 0. The van der Waals surface area contributed by atoms with Gasteiger partial charge in [0.05, 0.1) is 11.8 Å². The Balaban J connectivity index is 2.05. The van der Waals surface area contributed by atoms with E-state index in [1.165, 1.54) is 19.1 Å². The Labute approximate surface area is 118 Å². The third kappa shape index (κ3) is 3.21. The molecule has 0 radical (unpaired) electrons. The van der Waals surface area contributed by atoms with Gasteiger partial charge in [0.25, 0.3) is 5.91 Å². The van der Waals surface area contributed by atoms with Gasteiger partial charge in [-0.1, -0.05) is 19.8 Å². The maximum atomic E-state index is 12.3. The van der Waals surface area contributed by atoms with Gasteiger partial charge in [-0.2, -0.15) is 0 Å². The fraction of sp³-hybridized carbons (Fsp3) is 0.600. The van der Waals surface area contributed by atoms with E-state index in [0.717, 1.165) is 12.8 Å². The summed E-state index contributed by atoms with van der Waals surface area (Å²) in [4.78, 5) is 23.0. The van der Waals surface area contributed by atoms with Crippen LogP contribution in [0.1, 0.15) is 54.3 Å². The molecule has 0 bridgehead atoms. The first-order valence-corrected chi connectivity index (χ1v) is 6.98. The van der Waals surface area contributed by atoms with E-state index in [1.807, 2.05) is 0 Å². The lowest BCUT2D eigenvalue weighted by atomic mass is 9.89. The highest BCUT2D eigenvalue weighted by Crippen LogP contribution is 2.36. The molecular formula is C15H21NO4. The first kappa shape index (κ1) is 14.6. The number of amides is 1. The molecule has 5 heteroatoms. The lowest BCUT2D eigenvalue weighted by Gasteiger charge is -2.23. The highest BCUT2D eigenvalue weighted by molar-refractivity contribution is 5.97. The first-order chi connectivity index (χ1) is 9.41. The van der Waals surface area contributed by atoms with Crippen LogP contribution in [0, 0.1) is 12.3 Å². The van der Waals surface area contributed by atoms with Gasteiger partial charge in [-0.25, -0.2) is 0 Å². The molecule has 1 fully saturated rings. The minimum atomic E-state index is -1.00. The Hall–Kier alpha value is -1.78. The smallest absolute Gasteiger partial charge is 0.311 e. The molecule has 1 aliphatic carbocycles. The molecule has 0 aromatic carbocycles. The van der Waals surface area contributed by atoms with Gasteiger partial charge in [-0.05, 0) is 25.2 Å². The van der Waals surface area contributed by atoms with Gasteiger partial charge < -0.3 is 14.8 Å². The maximum Gasteiger partial charge on any atom is 0.311 e. The standard InChI is InChI=1S/C15H21NO4/c1-10-8-20-11(7-12(17)18)13(10)14(19)16-9-15(2)5-3-4-6-15/h8H,3-7,9H2,1-2H3,(H,16,19)(H,17,18). The van der Waals surface area contributed by atoms with Crippen LogP contribution in [0.2, 0.25) is 0 Å². The highest BCUT2D eigenvalue weighted by Gasteiger charge is 2.30. The van der Waals surface area contributed by atoms with Gasteiger partial charge in [0, 0.05) is 12.1 Å². The Morgan fingerprint density at radius 2 is 2.05 bits per heavy atom. The third-order valence-electron chi connectivity index (χ3n) is 4.08. The van der Waals surface area contributed by atoms with E-state index in [4.69, 9.17) is 9.52 Å². The zero-order valence-electron chi connectivity index (χ0n) is 12.0. The van der Waals surface area contributed by atoms with Gasteiger partial charge >= 0.3 is 5.97 Å². The van der Waals surface area contributed by atoms with Crippen molar-refractivity contribution in [3.05, 3.63) is 23.2 Å². The molecule has 1 aromatic rings. The molecule has 1 aromatic heterocycles. The van der Waals surface area contributed by atoms with Gasteiger partial charge in [-0.3, -0.25) is 9.59 Å². The van der Waals surface area contributed by atoms with E-state index in [2.05, 4.69) is 12.2 Å². The molecule has 1 heterocycles. The fourth-order valence-electron chi connectivity index (χ4n) is 2.86. The summed E-state index contributed by atoms with van der Waals surface area (Å²) >= 11 is 0. The molecule has 0 atom stereocenters. The van der Waals surface area contributed by atoms with Gasteiger partial charge in [0.2, 0.25) is 0 Å². The van der Waals surface area contributed by atoms with Crippen LogP contribution in [0.25, 0.3) is 0 Å². The van der Waals surface area contributed by atoms with E-state index in [9.17, 15) is 9.59 Å². The van der Waals surface area contributed by atoms with Gasteiger partial charge in [0.15, 0.2) is 0 Å². The Kier molecular flexibility index (Phi) is 4.16. The van der Waals surface area contributed by atoms with E-state index in [0.29, 0.717) is 17.7 Å². The number of nitrogens with one attached hydrogen (secondary N) is 1. The van der Waals surface area contributed by atoms with Crippen molar-refractivity contribution in [3.63, 3.8) is 0 Å². The predicted octanol–water partition coefficient (Wildman–Crippen LogP) is 2.53. The second-order valence-corrected chi connectivity index (χ2v) is 5.99. The molecule has 5 nitrogen and oxygen atoms in total. The van der Waals surface area contributed by atoms with Crippen LogP contribution in [0.3, 0.4) is 0 Å². The average Bonchev–Trinajstić information content (AvgIpc) is 2.94. The lowest BCUT2D eigenvalue weighted by Crippen LogP contribution is -2.34. The molecule has 20 heavy (non-hydrogen) atoms. The van der Waals surface area contributed by atoms with Crippen molar-refractivity contribution in [2.24, 2.45) is 5.41 Å². The van der Waals surface area contributed by atoms with Crippen molar-refractivity contribution in [3.8, 4) is 0 Å². The lowest BCUT2D eigenvalue weighted by molar-refractivity contribution is -0.136. The van der Waals surface area contributed by atoms with Crippen molar-refractivity contribution in [1.29, 1.82) is 0 Å². The average molecular weight is 279 g/mol. The maximum absolute atomic E-state index is 12.3. The number of rotatable bonds is 5.